The molecule has 106 valence electrons. The van der Waals surface area contributed by atoms with E-state index in [2.05, 4.69) is 66.0 Å². The molecule has 3 heteroatoms. The Bertz CT molecular complexity index is 590. The normalized spacial score (nSPS) is 10.4. The molecule has 0 amide bonds. The summed E-state index contributed by atoms with van der Waals surface area (Å²) in [5.74, 6) is 0.886. The standard InChI is InChI=1S/C17H20BrNO/c1-12-7-13(2)9-15(8-12)19(3)11-14-10-16(20-4)5-6-17(14)18/h5-10H,11H2,1-4H3. The minimum Gasteiger partial charge on any atom is -0.497 e. The molecule has 0 bridgehead atoms. The molecule has 0 radical (unpaired) electrons. The van der Waals surface area contributed by atoms with Gasteiger partial charge in [-0.1, -0.05) is 22.0 Å². The number of hydrogen-bond acceptors (Lipinski definition) is 2. The first-order valence-electron chi connectivity index (χ1n) is 6.61. The molecule has 0 aromatic heterocycles. The summed E-state index contributed by atoms with van der Waals surface area (Å²) in [7, 11) is 3.81. The van der Waals surface area contributed by atoms with Gasteiger partial charge in [0.25, 0.3) is 0 Å². The van der Waals surface area contributed by atoms with Crippen molar-refractivity contribution >= 4 is 21.6 Å². The predicted molar refractivity (Wildman–Crippen MR) is 88.7 cm³/mol. The van der Waals surface area contributed by atoms with Crippen molar-refractivity contribution in [1.82, 2.24) is 0 Å². The summed E-state index contributed by atoms with van der Waals surface area (Å²) in [6.07, 6.45) is 0. The second-order valence-corrected chi connectivity index (χ2v) is 6.01. The van der Waals surface area contributed by atoms with Gasteiger partial charge in [0.05, 0.1) is 7.11 Å². The zero-order chi connectivity index (χ0) is 14.7. The fraction of sp³-hybridized carbons (Fsp3) is 0.294. The van der Waals surface area contributed by atoms with Crippen LogP contribution in [-0.2, 0) is 6.54 Å². The average Bonchev–Trinajstić information content (AvgIpc) is 2.40. The van der Waals surface area contributed by atoms with E-state index in [-0.39, 0.29) is 0 Å². The number of aryl methyl sites for hydroxylation is 2. The van der Waals surface area contributed by atoms with Crippen LogP contribution in [0.5, 0.6) is 5.75 Å². The maximum Gasteiger partial charge on any atom is 0.119 e. The van der Waals surface area contributed by atoms with E-state index in [1.807, 2.05) is 12.1 Å². The molecule has 0 spiro atoms. The highest BCUT2D eigenvalue weighted by molar-refractivity contribution is 9.10. The lowest BCUT2D eigenvalue weighted by Gasteiger charge is -2.21. The number of ether oxygens (including phenoxy) is 1. The van der Waals surface area contributed by atoms with Crippen molar-refractivity contribution in [1.29, 1.82) is 0 Å². The number of nitrogens with zero attached hydrogens (tertiary/aromatic N) is 1. The van der Waals surface area contributed by atoms with Crippen molar-refractivity contribution in [2.75, 3.05) is 19.1 Å². The largest absolute Gasteiger partial charge is 0.497 e. The number of halogens is 1. The van der Waals surface area contributed by atoms with E-state index in [0.717, 1.165) is 16.8 Å². The van der Waals surface area contributed by atoms with Gasteiger partial charge in [0.2, 0.25) is 0 Å². The van der Waals surface area contributed by atoms with Gasteiger partial charge in [0, 0.05) is 23.8 Å². The maximum absolute atomic E-state index is 5.30. The molecular weight excluding hydrogens is 314 g/mol. The molecule has 2 nitrogen and oxygen atoms in total. The molecule has 20 heavy (non-hydrogen) atoms. The Morgan fingerprint density at radius 3 is 2.30 bits per heavy atom. The Kier molecular flexibility index (Phi) is 4.71. The fourth-order valence-corrected chi connectivity index (χ4v) is 2.69. The number of anilines is 1. The molecule has 0 aliphatic rings. The molecule has 0 aliphatic heterocycles. The molecule has 2 aromatic rings. The smallest absolute Gasteiger partial charge is 0.119 e. The van der Waals surface area contributed by atoms with E-state index in [4.69, 9.17) is 4.74 Å². The van der Waals surface area contributed by atoms with E-state index in [1.54, 1.807) is 7.11 Å². The quantitative estimate of drug-likeness (QED) is 0.803. The molecule has 0 N–H and O–H groups in total. The molecule has 2 aromatic carbocycles. The van der Waals surface area contributed by atoms with Gasteiger partial charge in [-0.3, -0.25) is 0 Å². The van der Waals surface area contributed by atoms with Crippen LogP contribution in [0.15, 0.2) is 40.9 Å². The Morgan fingerprint density at radius 1 is 1.05 bits per heavy atom. The summed E-state index contributed by atoms with van der Waals surface area (Å²) in [5, 5.41) is 0. The summed E-state index contributed by atoms with van der Waals surface area (Å²) in [6.45, 7) is 5.10. The SMILES string of the molecule is COc1ccc(Br)c(CN(C)c2cc(C)cc(C)c2)c1. The van der Waals surface area contributed by atoms with E-state index >= 15 is 0 Å². The lowest BCUT2D eigenvalue weighted by atomic mass is 10.1. The van der Waals surface area contributed by atoms with Crippen molar-refractivity contribution < 1.29 is 4.74 Å². The Hall–Kier alpha value is -1.48. The summed E-state index contributed by atoms with van der Waals surface area (Å²) in [6, 6.07) is 12.7. The molecular formula is C17H20BrNO. The topological polar surface area (TPSA) is 12.5 Å². The van der Waals surface area contributed by atoms with Crippen LogP contribution in [0, 0.1) is 13.8 Å². The van der Waals surface area contributed by atoms with Crippen LogP contribution in [0.1, 0.15) is 16.7 Å². The van der Waals surface area contributed by atoms with Gasteiger partial charge in [0.1, 0.15) is 5.75 Å². The highest BCUT2D eigenvalue weighted by Crippen LogP contribution is 2.26. The lowest BCUT2D eigenvalue weighted by molar-refractivity contribution is 0.414. The zero-order valence-electron chi connectivity index (χ0n) is 12.4. The Balaban J connectivity index is 2.24. The number of rotatable bonds is 4. The van der Waals surface area contributed by atoms with Gasteiger partial charge in [-0.25, -0.2) is 0 Å². The first-order chi connectivity index (χ1) is 9.49. The number of methoxy groups -OCH3 is 1. The fourth-order valence-electron chi connectivity index (χ4n) is 2.32. The minimum absolute atomic E-state index is 0.834. The molecule has 0 unspecified atom stereocenters. The summed E-state index contributed by atoms with van der Waals surface area (Å²) in [5.41, 5.74) is 5.02. The van der Waals surface area contributed by atoms with Crippen LogP contribution >= 0.6 is 15.9 Å². The Labute approximate surface area is 129 Å². The van der Waals surface area contributed by atoms with Gasteiger partial charge in [-0.2, -0.15) is 0 Å². The molecule has 0 heterocycles. The van der Waals surface area contributed by atoms with E-state index in [0.29, 0.717) is 0 Å². The third kappa shape index (κ3) is 3.54. The molecule has 0 aliphatic carbocycles. The van der Waals surface area contributed by atoms with Gasteiger partial charge in [-0.15, -0.1) is 0 Å². The minimum atomic E-state index is 0.834. The maximum atomic E-state index is 5.30. The third-order valence-electron chi connectivity index (χ3n) is 3.31. The van der Waals surface area contributed by atoms with Crippen LogP contribution in [-0.4, -0.2) is 14.2 Å². The molecule has 0 saturated heterocycles. The van der Waals surface area contributed by atoms with Crippen LogP contribution in [0.4, 0.5) is 5.69 Å². The highest BCUT2D eigenvalue weighted by atomic mass is 79.9. The van der Waals surface area contributed by atoms with Gasteiger partial charge in [-0.05, 0) is 60.9 Å². The van der Waals surface area contributed by atoms with E-state index < -0.39 is 0 Å². The van der Waals surface area contributed by atoms with Crippen LogP contribution < -0.4 is 9.64 Å². The first-order valence-corrected chi connectivity index (χ1v) is 7.41. The van der Waals surface area contributed by atoms with Crippen LogP contribution in [0.25, 0.3) is 0 Å². The molecule has 0 saturated carbocycles. The van der Waals surface area contributed by atoms with E-state index in [9.17, 15) is 0 Å². The van der Waals surface area contributed by atoms with Crippen LogP contribution in [0.3, 0.4) is 0 Å². The van der Waals surface area contributed by atoms with Gasteiger partial charge < -0.3 is 9.64 Å². The van der Waals surface area contributed by atoms with Crippen molar-refractivity contribution in [2.24, 2.45) is 0 Å². The van der Waals surface area contributed by atoms with Crippen molar-refractivity contribution in [2.45, 2.75) is 20.4 Å². The first kappa shape index (κ1) is 14.9. The molecule has 0 fully saturated rings. The zero-order valence-corrected chi connectivity index (χ0v) is 14.0. The van der Waals surface area contributed by atoms with Crippen molar-refractivity contribution in [3.63, 3.8) is 0 Å². The van der Waals surface area contributed by atoms with Gasteiger partial charge >= 0.3 is 0 Å². The van der Waals surface area contributed by atoms with Gasteiger partial charge in [0.15, 0.2) is 0 Å². The molecule has 0 atom stereocenters. The second kappa shape index (κ2) is 6.31. The monoisotopic (exact) mass is 333 g/mol. The summed E-state index contributed by atoms with van der Waals surface area (Å²) >= 11 is 3.61. The summed E-state index contributed by atoms with van der Waals surface area (Å²) in [4.78, 5) is 2.25. The van der Waals surface area contributed by atoms with Crippen LogP contribution in [0.2, 0.25) is 0 Å². The average molecular weight is 334 g/mol. The highest BCUT2D eigenvalue weighted by Gasteiger charge is 2.07. The number of hydrogen-bond donors (Lipinski definition) is 0. The molecule has 2 rings (SSSR count). The van der Waals surface area contributed by atoms with Crippen molar-refractivity contribution in [3.05, 3.63) is 57.6 Å². The second-order valence-electron chi connectivity index (χ2n) is 5.16. The lowest BCUT2D eigenvalue weighted by Crippen LogP contribution is -2.17. The Morgan fingerprint density at radius 2 is 1.70 bits per heavy atom. The summed E-state index contributed by atoms with van der Waals surface area (Å²) < 4.78 is 6.40. The van der Waals surface area contributed by atoms with E-state index in [1.165, 1.54) is 22.4 Å². The third-order valence-corrected chi connectivity index (χ3v) is 4.08. The van der Waals surface area contributed by atoms with Crippen molar-refractivity contribution in [3.8, 4) is 5.75 Å². The predicted octanol–water partition coefficient (Wildman–Crippen LogP) is 4.71. The number of benzene rings is 2.